The highest BCUT2D eigenvalue weighted by Crippen LogP contribution is 2.24. The topological polar surface area (TPSA) is 86.7 Å². The monoisotopic (exact) mass is 477 g/mol. The van der Waals surface area contributed by atoms with Crippen LogP contribution >= 0.6 is 22.9 Å². The standard InChI is InChI=1S/C24H16ClN3O4S/c1-31-17-8-2-14(3-9-17)12-19-22(29)26-24-28(27-19)23(30)21(33-24)13-18-10-11-20(32-18)15-4-6-16(25)7-5-15/h2-11,13H,12H2,1H3/b21-13-. The van der Waals surface area contributed by atoms with Gasteiger partial charge in [0.05, 0.1) is 7.11 Å². The lowest BCUT2D eigenvalue weighted by Crippen LogP contribution is -2.28. The molecule has 0 saturated heterocycles. The minimum atomic E-state index is -0.457. The molecule has 9 heteroatoms. The van der Waals surface area contributed by atoms with E-state index in [9.17, 15) is 9.59 Å². The summed E-state index contributed by atoms with van der Waals surface area (Å²) >= 11 is 7.02. The molecule has 0 aliphatic heterocycles. The highest BCUT2D eigenvalue weighted by molar-refractivity contribution is 7.15. The smallest absolute Gasteiger partial charge is 0.296 e. The molecule has 2 aromatic carbocycles. The summed E-state index contributed by atoms with van der Waals surface area (Å²) in [7, 11) is 1.59. The number of fused-ring (bicyclic) bond motifs is 1. The number of hydrogen-bond acceptors (Lipinski definition) is 7. The van der Waals surface area contributed by atoms with E-state index in [1.54, 1.807) is 43.5 Å². The van der Waals surface area contributed by atoms with E-state index in [1.165, 1.54) is 4.52 Å². The molecule has 0 N–H and O–H groups in total. The highest BCUT2D eigenvalue weighted by atomic mass is 35.5. The van der Waals surface area contributed by atoms with Crippen LogP contribution in [0.3, 0.4) is 0 Å². The molecule has 0 unspecified atom stereocenters. The third kappa shape index (κ3) is 4.30. The number of thiazole rings is 1. The summed E-state index contributed by atoms with van der Waals surface area (Å²) in [6.45, 7) is 0. The molecule has 0 spiro atoms. The Hall–Kier alpha value is -3.75. The molecule has 5 rings (SSSR count). The van der Waals surface area contributed by atoms with Crippen molar-refractivity contribution in [3.63, 3.8) is 0 Å². The van der Waals surface area contributed by atoms with Gasteiger partial charge in [0.15, 0.2) is 0 Å². The van der Waals surface area contributed by atoms with Crippen molar-refractivity contribution in [1.29, 1.82) is 0 Å². The van der Waals surface area contributed by atoms with E-state index >= 15 is 0 Å². The third-order valence-corrected chi connectivity index (χ3v) is 6.22. The number of ether oxygens (including phenoxy) is 1. The van der Waals surface area contributed by atoms with Gasteiger partial charge in [-0.05, 0) is 54.1 Å². The maximum absolute atomic E-state index is 12.9. The fourth-order valence-electron chi connectivity index (χ4n) is 3.32. The second kappa shape index (κ2) is 8.65. The van der Waals surface area contributed by atoms with Crippen molar-refractivity contribution < 1.29 is 9.15 Å². The van der Waals surface area contributed by atoms with Gasteiger partial charge in [-0.15, -0.1) is 0 Å². The van der Waals surface area contributed by atoms with Crippen molar-refractivity contribution >= 4 is 34.0 Å². The van der Waals surface area contributed by atoms with Crippen LogP contribution in [-0.2, 0) is 6.42 Å². The van der Waals surface area contributed by atoms with Crippen LogP contribution in [0.5, 0.6) is 5.75 Å². The summed E-state index contributed by atoms with van der Waals surface area (Å²) < 4.78 is 12.5. The maximum Gasteiger partial charge on any atom is 0.296 e. The largest absolute Gasteiger partial charge is 0.497 e. The molecule has 0 aliphatic carbocycles. The quantitative estimate of drug-likeness (QED) is 0.384. The molecule has 0 bridgehead atoms. The first kappa shape index (κ1) is 21.1. The van der Waals surface area contributed by atoms with E-state index in [0.717, 1.165) is 22.5 Å². The first-order valence-electron chi connectivity index (χ1n) is 9.93. The lowest BCUT2D eigenvalue weighted by molar-refractivity contribution is 0.414. The molecular formula is C24H16ClN3O4S. The van der Waals surface area contributed by atoms with Gasteiger partial charge in [-0.2, -0.15) is 14.6 Å². The van der Waals surface area contributed by atoms with E-state index in [0.29, 0.717) is 26.8 Å². The number of aromatic nitrogens is 3. The van der Waals surface area contributed by atoms with Crippen LogP contribution in [0.4, 0.5) is 0 Å². The van der Waals surface area contributed by atoms with Gasteiger partial charge in [0, 0.05) is 23.1 Å². The third-order valence-electron chi connectivity index (χ3n) is 5.01. The zero-order valence-corrected chi connectivity index (χ0v) is 18.9. The molecule has 0 saturated carbocycles. The molecule has 5 aromatic rings. The first-order chi connectivity index (χ1) is 16.0. The number of rotatable bonds is 5. The van der Waals surface area contributed by atoms with Crippen LogP contribution in [0, 0.1) is 0 Å². The molecule has 33 heavy (non-hydrogen) atoms. The number of nitrogens with zero attached hydrogens (tertiary/aromatic N) is 3. The predicted octanol–water partition coefficient (Wildman–Crippen LogP) is 3.57. The van der Waals surface area contributed by atoms with Crippen molar-refractivity contribution in [2.24, 2.45) is 0 Å². The van der Waals surface area contributed by atoms with Gasteiger partial charge in [0.2, 0.25) is 4.96 Å². The van der Waals surface area contributed by atoms with Gasteiger partial charge < -0.3 is 9.15 Å². The Labute approximate surface area is 196 Å². The van der Waals surface area contributed by atoms with Gasteiger partial charge in [0.25, 0.3) is 11.1 Å². The average Bonchev–Trinajstić information content (AvgIpc) is 3.40. The average molecular weight is 478 g/mol. The van der Waals surface area contributed by atoms with E-state index in [-0.39, 0.29) is 22.6 Å². The Bertz CT molecular complexity index is 1620. The van der Waals surface area contributed by atoms with Crippen LogP contribution in [0.2, 0.25) is 5.02 Å². The summed E-state index contributed by atoms with van der Waals surface area (Å²) in [5.41, 5.74) is 1.11. The molecule has 164 valence electrons. The Balaban J connectivity index is 1.49. The van der Waals surface area contributed by atoms with Crippen molar-refractivity contribution in [3.05, 3.63) is 108 Å². The SMILES string of the molecule is COc1ccc(Cc2nn3c(=O)/c(=C/c4ccc(-c5ccc(Cl)cc5)o4)sc3nc2=O)cc1. The molecular weight excluding hydrogens is 462 g/mol. The molecule has 3 aromatic heterocycles. The Kier molecular flexibility index (Phi) is 5.53. The van der Waals surface area contributed by atoms with Crippen molar-refractivity contribution in [1.82, 2.24) is 14.6 Å². The summed E-state index contributed by atoms with van der Waals surface area (Å²) in [6.07, 6.45) is 1.88. The van der Waals surface area contributed by atoms with E-state index in [4.69, 9.17) is 20.8 Å². The minimum Gasteiger partial charge on any atom is -0.497 e. The lowest BCUT2D eigenvalue weighted by Gasteiger charge is -2.02. The second-order valence-electron chi connectivity index (χ2n) is 7.21. The van der Waals surface area contributed by atoms with Gasteiger partial charge in [-0.25, -0.2) is 0 Å². The molecule has 0 radical (unpaired) electrons. The number of halogens is 1. The first-order valence-corrected chi connectivity index (χ1v) is 11.1. The van der Waals surface area contributed by atoms with E-state index in [1.807, 2.05) is 30.3 Å². The summed E-state index contributed by atoms with van der Waals surface area (Å²) in [6, 6.07) is 18.1. The number of benzene rings is 2. The van der Waals surface area contributed by atoms with Gasteiger partial charge in [-0.3, -0.25) is 9.59 Å². The minimum absolute atomic E-state index is 0.196. The molecule has 0 atom stereocenters. The van der Waals surface area contributed by atoms with Crippen LogP contribution in [-0.4, -0.2) is 21.7 Å². The molecule has 0 amide bonds. The van der Waals surface area contributed by atoms with Crippen LogP contribution in [0.1, 0.15) is 17.0 Å². The summed E-state index contributed by atoms with van der Waals surface area (Å²) in [5, 5.41) is 4.92. The second-order valence-corrected chi connectivity index (χ2v) is 8.65. The van der Waals surface area contributed by atoms with Crippen LogP contribution in [0.25, 0.3) is 22.4 Å². The zero-order valence-electron chi connectivity index (χ0n) is 17.3. The number of furan rings is 1. The van der Waals surface area contributed by atoms with Crippen molar-refractivity contribution in [2.45, 2.75) is 6.42 Å². The number of methoxy groups -OCH3 is 1. The summed E-state index contributed by atoms with van der Waals surface area (Å²) in [5.74, 6) is 1.87. The maximum atomic E-state index is 12.9. The van der Waals surface area contributed by atoms with E-state index < -0.39 is 5.56 Å². The highest BCUT2D eigenvalue weighted by Gasteiger charge is 2.12. The van der Waals surface area contributed by atoms with Crippen LogP contribution in [0.15, 0.2) is 74.7 Å². The normalized spacial score (nSPS) is 11.9. The van der Waals surface area contributed by atoms with E-state index in [2.05, 4.69) is 10.1 Å². The van der Waals surface area contributed by atoms with Crippen molar-refractivity contribution in [2.75, 3.05) is 7.11 Å². The molecule has 0 aliphatic rings. The van der Waals surface area contributed by atoms with Gasteiger partial charge in [-0.1, -0.05) is 35.1 Å². The van der Waals surface area contributed by atoms with Crippen molar-refractivity contribution in [3.8, 4) is 17.1 Å². The molecule has 3 heterocycles. The number of hydrogen-bond donors (Lipinski definition) is 0. The van der Waals surface area contributed by atoms with Gasteiger partial charge in [0.1, 0.15) is 27.5 Å². The molecule has 7 nitrogen and oxygen atoms in total. The molecule has 0 fully saturated rings. The van der Waals surface area contributed by atoms with Crippen LogP contribution < -0.4 is 20.4 Å². The Morgan fingerprint density at radius 3 is 2.55 bits per heavy atom. The zero-order chi connectivity index (χ0) is 22.9. The Morgan fingerprint density at radius 2 is 1.82 bits per heavy atom. The van der Waals surface area contributed by atoms with Gasteiger partial charge >= 0.3 is 0 Å². The summed E-state index contributed by atoms with van der Waals surface area (Å²) in [4.78, 5) is 29.7. The predicted molar refractivity (Wildman–Crippen MR) is 127 cm³/mol. The fraction of sp³-hybridized carbons (Fsp3) is 0.0833. The lowest BCUT2D eigenvalue weighted by atomic mass is 10.1. The Morgan fingerprint density at radius 1 is 1.06 bits per heavy atom. The fourth-order valence-corrected chi connectivity index (χ4v) is 4.33.